The summed E-state index contributed by atoms with van der Waals surface area (Å²) in [6.07, 6.45) is 7.32. The number of nitrogens with one attached hydrogen (secondary N) is 2. The van der Waals surface area contributed by atoms with Crippen LogP contribution in [-0.4, -0.2) is 51.8 Å². The topological polar surface area (TPSA) is 57.1 Å². The first kappa shape index (κ1) is 17.2. The van der Waals surface area contributed by atoms with Crippen molar-refractivity contribution in [2.75, 3.05) is 31.1 Å². The molecule has 1 saturated heterocycles. The lowest BCUT2D eigenvalue weighted by Crippen LogP contribution is -2.55. The monoisotopic (exact) mass is 360 g/mol. The van der Waals surface area contributed by atoms with Crippen molar-refractivity contribution in [3.05, 3.63) is 29.7 Å². The highest BCUT2D eigenvalue weighted by atomic mass is 32.2. The molecule has 0 aromatic carbocycles. The maximum Gasteiger partial charge on any atom is 0.152 e. The van der Waals surface area contributed by atoms with E-state index in [1.54, 1.807) is 0 Å². The van der Waals surface area contributed by atoms with Crippen LogP contribution in [-0.2, 0) is 6.54 Å². The minimum absolute atomic E-state index is 0.367. The summed E-state index contributed by atoms with van der Waals surface area (Å²) in [4.78, 5) is 2.76. The number of nitrogens with zero attached hydrogens (tertiary/aromatic N) is 2. The van der Waals surface area contributed by atoms with Crippen LogP contribution in [0.5, 0.6) is 0 Å². The molecule has 2 aromatic rings. The number of aromatic amines is 1. The molecule has 1 aliphatic heterocycles. The third-order valence-corrected chi connectivity index (χ3v) is 6.63. The van der Waals surface area contributed by atoms with E-state index in [9.17, 15) is 0 Å². The standard InChI is InChI=1S/C19H28N4OS/c1-15-4-5-17(24-15)18-16(13-21-22-18)12-20-14-19(6-2-3-7-19)23-8-10-25-11-9-23/h4-5,13,20H,2-3,6-12,14H2,1H3,(H,21,22). The van der Waals surface area contributed by atoms with Crippen molar-refractivity contribution in [3.8, 4) is 11.5 Å². The molecule has 136 valence electrons. The van der Waals surface area contributed by atoms with Crippen LogP contribution >= 0.6 is 11.8 Å². The van der Waals surface area contributed by atoms with E-state index in [0.29, 0.717) is 5.54 Å². The van der Waals surface area contributed by atoms with Crippen LogP contribution in [0.2, 0.25) is 0 Å². The summed E-state index contributed by atoms with van der Waals surface area (Å²) in [7, 11) is 0. The molecule has 0 radical (unpaired) electrons. The molecule has 5 nitrogen and oxygen atoms in total. The Balaban J connectivity index is 1.40. The van der Waals surface area contributed by atoms with Crippen LogP contribution in [0, 0.1) is 6.92 Å². The van der Waals surface area contributed by atoms with Crippen LogP contribution in [0.15, 0.2) is 22.7 Å². The Morgan fingerprint density at radius 2 is 2.08 bits per heavy atom. The van der Waals surface area contributed by atoms with Crippen molar-refractivity contribution in [1.82, 2.24) is 20.4 Å². The SMILES string of the molecule is Cc1ccc(-c2[nH]ncc2CNCC2(N3CCSCC3)CCCC2)o1. The second-order valence-corrected chi connectivity index (χ2v) is 8.54. The maximum atomic E-state index is 5.75. The molecule has 25 heavy (non-hydrogen) atoms. The highest BCUT2D eigenvalue weighted by Gasteiger charge is 2.39. The van der Waals surface area contributed by atoms with E-state index < -0.39 is 0 Å². The Morgan fingerprint density at radius 1 is 1.28 bits per heavy atom. The molecule has 2 N–H and O–H groups in total. The van der Waals surface area contributed by atoms with Crippen LogP contribution in [0.25, 0.3) is 11.5 Å². The van der Waals surface area contributed by atoms with Gasteiger partial charge in [-0.1, -0.05) is 12.8 Å². The highest BCUT2D eigenvalue weighted by molar-refractivity contribution is 7.99. The molecule has 1 saturated carbocycles. The van der Waals surface area contributed by atoms with Gasteiger partial charge in [0.2, 0.25) is 0 Å². The van der Waals surface area contributed by atoms with Crippen molar-refractivity contribution >= 4 is 11.8 Å². The van der Waals surface area contributed by atoms with Gasteiger partial charge < -0.3 is 9.73 Å². The van der Waals surface area contributed by atoms with E-state index in [2.05, 4.69) is 32.2 Å². The normalized spacial score (nSPS) is 21.0. The first-order chi connectivity index (χ1) is 12.3. The van der Waals surface area contributed by atoms with E-state index in [1.807, 2.05) is 25.3 Å². The predicted octanol–water partition coefficient (Wildman–Crippen LogP) is 3.43. The molecule has 3 heterocycles. The zero-order valence-corrected chi connectivity index (χ0v) is 15.8. The molecular formula is C19H28N4OS. The third kappa shape index (κ3) is 3.66. The van der Waals surface area contributed by atoms with E-state index in [4.69, 9.17) is 4.42 Å². The smallest absolute Gasteiger partial charge is 0.152 e. The summed E-state index contributed by atoms with van der Waals surface area (Å²) in [5, 5.41) is 11.1. The Morgan fingerprint density at radius 3 is 2.80 bits per heavy atom. The highest BCUT2D eigenvalue weighted by Crippen LogP contribution is 2.36. The minimum atomic E-state index is 0.367. The quantitative estimate of drug-likeness (QED) is 0.826. The fourth-order valence-electron chi connectivity index (χ4n) is 4.33. The first-order valence-corrected chi connectivity index (χ1v) is 10.5. The Kier molecular flexibility index (Phi) is 5.20. The van der Waals surface area contributed by atoms with E-state index >= 15 is 0 Å². The molecule has 0 bridgehead atoms. The lowest BCUT2D eigenvalue weighted by Gasteiger charge is -2.43. The van der Waals surface area contributed by atoms with Gasteiger partial charge in [0.25, 0.3) is 0 Å². The van der Waals surface area contributed by atoms with Crippen molar-refractivity contribution in [1.29, 1.82) is 0 Å². The van der Waals surface area contributed by atoms with Gasteiger partial charge in [-0.2, -0.15) is 16.9 Å². The molecule has 0 unspecified atom stereocenters. The molecular weight excluding hydrogens is 332 g/mol. The summed E-state index contributed by atoms with van der Waals surface area (Å²) < 4.78 is 5.75. The fraction of sp³-hybridized carbons (Fsp3) is 0.632. The van der Waals surface area contributed by atoms with Gasteiger partial charge in [-0.15, -0.1) is 0 Å². The average molecular weight is 361 g/mol. The number of hydrogen-bond acceptors (Lipinski definition) is 5. The van der Waals surface area contributed by atoms with Crippen LogP contribution in [0.4, 0.5) is 0 Å². The molecule has 4 rings (SSSR count). The molecule has 6 heteroatoms. The second kappa shape index (κ2) is 7.56. The third-order valence-electron chi connectivity index (χ3n) is 5.69. The number of aromatic nitrogens is 2. The van der Waals surface area contributed by atoms with Crippen molar-refractivity contribution < 1.29 is 4.42 Å². The Labute approximate surface area is 153 Å². The van der Waals surface area contributed by atoms with Gasteiger partial charge in [-0.05, 0) is 31.9 Å². The molecule has 2 aliphatic rings. The average Bonchev–Trinajstić information content (AvgIpc) is 3.37. The number of furan rings is 1. The van der Waals surface area contributed by atoms with E-state index in [-0.39, 0.29) is 0 Å². The van der Waals surface area contributed by atoms with Crippen molar-refractivity contribution in [2.24, 2.45) is 0 Å². The largest absolute Gasteiger partial charge is 0.460 e. The van der Waals surface area contributed by atoms with Crippen LogP contribution in [0.3, 0.4) is 0 Å². The van der Waals surface area contributed by atoms with E-state index in [1.165, 1.54) is 55.8 Å². The number of H-pyrrole nitrogens is 1. The number of thioether (sulfide) groups is 1. The lowest BCUT2D eigenvalue weighted by atomic mass is 9.94. The van der Waals surface area contributed by atoms with Gasteiger partial charge in [0.05, 0.1) is 6.20 Å². The Bertz CT molecular complexity index is 683. The van der Waals surface area contributed by atoms with Gasteiger partial charge in [-0.25, -0.2) is 0 Å². The molecule has 0 atom stereocenters. The molecule has 0 spiro atoms. The van der Waals surface area contributed by atoms with Gasteiger partial charge >= 0.3 is 0 Å². The van der Waals surface area contributed by atoms with Gasteiger partial charge in [0.1, 0.15) is 11.5 Å². The summed E-state index contributed by atoms with van der Waals surface area (Å²) in [5.41, 5.74) is 2.54. The molecule has 2 fully saturated rings. The van der Waals surface area contributed by atoms with Crippen molar-refractivity contribution in [2.45, 2.75) is 44.7 Å². The molecule has 0 amide bonds. The van der Waals surface area contributed by atoms with Gasteiger partial charge in [-0.3, -0.25) is 10.00 Å². The summed E-state index contributed by atoms with van der Waals surface area (Å²) >= 11 is 2.09. The van der Waals surface area contributed by atoms with Gasteiger partial charge in [0, 0.05) is 48.8 Å². The van der Waals surface area contributed by atoms with Gasteiger partial charge in [0.15, 0.2) is 5.76 Å². The summed E-state index contributed by atoms with van der Waals surface area (Å²) in [5.74, 6) is 4.36. The minimum Gasteiger partial charge on any atom is -0.460 e. The summed E-state index contributed by atoms with van der Waals surface area (Å²) in [6, 6.07) is 4.01. The zero-order valence-electron chi connectivity index (χ0n) is 15.0. The fourth-order valence-corrected chi connectivity index (χ4v) is 5.24. The predicted molar refractivity (Wildman–Crippen MR) is 103 cm³/mol. The zero-order chi connectivity index (χ0) is 17.1. The van der Waals surface area contributed by atoms with Crippen LogP contribution < -0.4 is 5.32 Å². The number of rotatable bonds is 6. The van der Waals surface area contributed by atoms with Crippen molar-refractivity contribution in [3.63, 3.8) is 0 Å². The Hall–Kier alpha value is -1.24. The first-order valence-electron chi connectivity index (χ1n) is 9.39. The number of aryl methyl sites for hydroxylation is 1. The number of hydrogen-bond donors (Lipinski definition) is 2. The molecule has 1 aliphatic carbocycles. The van der Waals surface area contributed by atoms with E-state index in [0.717, 1.165) is 30.3 Å². The maximum absolute atomic E-state index is 5.75. The van der Waals surface area contributed by atoms with Crippen LogP contribution in [0.1, 0.15) is 37.0 Å². The molecule has 2 aromatic heterocycles. The lowest BCUT2D eigenvalue weighted by molar-refractivity contribution is 0.102. The second-order valence-electron chi connectivity index (χ2n) is 7.31. The summed E-state index contributed by atoms with van der Waals surface area (Å²) in [6.45, 7) is 6.36.